The third kappa shape index (κ3) is 9.77. The molecular formula is C19H34N4O2S. The molecule has 0 aliphatic carbocycles. The van der Waals surface area contributed by atoms with Gasteiger partial charge in [0.15, 0.2) is 5.96 Å². The maximum Gasteiger partial charge on any atom is 0.238 e. The van der Waals surface area contributed by atoms with E-state index in [1.165, 1.54) is 57.1 Å². The molecule has 1 aromatic rings. The Hall–Kier alpha value is -1.60. The summed E-state index contributed by atoms with van der Waals surface area (Å²) >= 11 is 0. The molecule has 0 saturated heterocycles. The van der Waals surface area contributed by atoms with Gasteiger partial charge in [0.25, 0.3) is 0 Å². The number of guanidine groups is 1. The van der Waals surface area contributed by atoms with Crippen molar-refractivity contribution in [3.05, 3.63) is 29.8 Å². The molecule has 0 atom stereocenters. The fraction of sp³-hybridized carbons (Fsp3) is 0.632. The summed E-state index contributed by atoms with van der Waals surface area (Å²) in [5.41, 5.74) is 0.965. The van der Waals surface area contributed by atoms with Crippen LogP contribution in [0.4, 0.5) is 0 Å². The van der Waals surface area contributed by atoms with Gasteiger partial charge in [-0.3, -0.25) is 4.99 Å². The Balaban J connectivity index is 2.19. The van der Waals surface area contributed by atoms with Gasteiger partial charge in [0.2, 0.25) is 10.0 Å². The Morgan fingerprint density at radius 1 is 0.962 bits per heavy atom. The van der Waals surface area contributed by atoms with Crippen LogP contribution in [0.15, 0.2) is 34.2 Å². The van der Waals surface area contributed by atoms with Gasteiger partial charge in [0.05, 0.1) is 4.90 Å². The van der Waals surface area contributed by atoms with E-state index in [9.17, 15) is 8.42 Å². The monoisotopic (exact) mass is 382 g/mol. The van der Waals surface area contributed by atoms with Crippen LogP contribution in [0.1, 0.15) is 63.9 Å². The molecule has 0 saturated carbocycles. The number of nitrogens with two attached hydrogens (primary N) is 1. The summed E-state index contributed by atoms with van der Waals surface area (Å²) < 4.78 is 22.5. The molecule has 1 rings (SSSR count). The number of primary sulfonamides is 1. The number of benzene rings is 1. The van der Waals surface area contributed by atoms with E-state index in [2.05, 4.69) is 22.5 Å². The first-order chi connectivity index (χ1) is 12.5. The van der Waals surface area contributed by atoms with Crippen LogP contribution < -0.4 is 15.8 Å². The lowest BCUT2D eigenvalue weighted by atomic mass is 10.1. The largest absolute Gasteiger partial charge is 0.356 e. The van der Waals surface area contributed by atoms with Crippen LogP contribution >= 0.6 is 0 Å². The van der Waals surface area contributed by atoms with Gasteiger partial charge in [-0.05, 0) is 24.1 Å². The maximum atomic E-state index is 11.2. The number of rotatable bonds is 12. The van der Waals surface area contributed by atoms with Crippen molar-refractivity contribution in [2.75, 3.05) is 13.6 Å². The van der Waals surface area contributed by atoms with Gasteiger partial charge in [0.1, 0.15) is 0 Å². The fourth-order valence-electron chi connectivity index (χ4n) is 2.67. The molecule has 4 N–H and O–H groups in total. The fourth-order valence-corrected chi connectivity index (χ4v) is 3.18. The van der Waals surface area contributed by atoms with Crippen LogP contribution in [-0.4, -0.2) is 28.0 Å². The first kappa shape index (κ1) is 22.4. The summed E-state index contributed by atoms with van der Waals surface area (Å²) in [5, 5.41) is 11.6. The zero-order valence-corrected chi connectivity index (χ0v) is 16.9. The number of nitrogens with one attached hydrogen (secondary N) is 2. The number of unbranched alkanes of at least 4 members (excludes halogenated alkanes) is 7. The van der Waals surface area contributed by atoms with E-state index >= 15 is 0 Å². The number of nitrogens with zero attached hydrogens (tertiary/aromatic N) is 1. The Bertz CT molecular complexity index is 627. The Kier molecular flexibility index (Phi) is 11.0. The summed E-state index contributed by atoms with van der Waals surface area (Å²) in [6, 6.07) is 6.53. The van der Waals surface area contributed by atoms with Crippen molar-refractivity contribution in [1.29, 1.82) is 0 Å². The first-order valence-electron chi connectivity index (χ1n) is 9.53. The Morgan fingerprint density at radius 2 is 1.54 bits per heavy atom. The molecule has 0 spiro atoms. The highest BCUT2D eigenvalue weighted by Gasteiger charge is 2.06. The van der Waals surface area contributed by atoms with Gasteiger partial charge in [-0.2, -0.15) is 0 Å². The van der Waals surface area contributed by atoms with Gasteiger partial charge >= 0.3 is 0 Å². The van der Waals surface area contributed by atoms with E-state index in [0.717, 1.165) is 24.5 Å². The topological polar surface area (TPSA) is 96.6 Å². The molecular weight excluding hydrogens is 348 g/mol. The third-order valence-electron chi connectivity index (χ3n) is 4.26. The molecule has 0 aliphatic heterocycles. The highest BCUT2D eigenvalue weighted by molar-refractivity contribution is 7.89. The van der Waals surface area contributed by atoms with Crippen LogP contribution in [0.2, 0.25) is 0 Å². The zero-order chi connectivity index (χ0) is 19.3. The van der Waals surface area contributed by atoms with Crippen molar-refractivity contribution in [3.63, 3.8) is 0 Å². The van der Waals surface area contributed by atoms with Crippen LogP contribution in [0.25, 0.3) is 0 Å². The summed E-state index contributed by atoms with van der Waals surface area (Å²) in [7, 11) is -1.90. The second kappa shape index (κ2) is 12.7. The third-order valence-corrected chi connectivity index (χ3v) is 5.19. The molecule has 0 aromatic heterocycles. The lowest BCUT2D eigenvalue weighted by Crippen LogP contribution is -2.37. The number of sulfonamides is 1. The van der Waals surface area contributed by atoms with E-state index in [0.29, 0.717) is 6.54 Å². The normalized spacial score (nSPS) is 12.2. The van der Waals surface area contributed by atoms with Crippen molar-refractivity contribution < 1.29 is 8.42 Å². The number of hydrogen-bond acceptors (Lipinski definition) is 3. The van der Waals surface area contributed by atoms with Crippen molar-refractivity contribution in [2.24, 2.45) is 10.1 Å². The average Bonchev–Trinajstić information content (AvgIpc) is 2.62. The predicted molar refractivity (Wildman–Crippen MR) is 109 cm³/mol. The highest BCUT2D eigenvalue weighted by Crippen LogP contribution is 2.09. The SMILES string of the molecule is CCCCCCCCCCNC(=NC)NCc1ccc(S(N)(=O)=O)cc1. The lowest BCUT2D eigenvalue weighted by Gasteiger charge is -2.12. The molecule has 0 fully saturated rings. The summed E-state index contributed by atoms with van der Waals surface area (Å²) in [4.78, 5) is 4.33. The van der Waals surface area contributed by atoms with E-state index in [1.807, 2.05) is 0 Å². The van der Waals surface area contributed by atoms with Gasteiger partial charge in [-0.1, -0.05) is 64.0 Å². The van der Waals surface area contributed by atoms with Gasteiger partial charge in [-0.25, -0.2) is 13.6 Å². The Morgan fingerprint density at radius 3 is 2.08 bits per heavy atom. The van der Waals surface area contributed by atoms with Gasteiger partial charge in [-0.15, -0.1) is 0 Å². The second-order valence-electron chi connectivity index (χ2n) is 6.52. The summed E-state index contributed by atoms with van der Waals surface area (Å²) in [6.07, 6.45) is 10.4. The quantitative estimate of drug-likeness (QED) is 0.294. The molecule has 7 heteroatoms. The highest BCUT2D eigenvalue weighted by atomic mass is 32.2. The molecule has 0 amide bonds. The minimum Gasteiger partial charge on any atom is -0.356 e. The zero-order valence-electron chi connectivity index (χ0n) is 16.1. The lowest BCUT2D eigenvalue weighted by molar-refractivity contribution is 0.571. The van der Waals surface area contributed by atoms with Crippen LogP contribution in [0.5, 0.6) is 0 Å². The summed E-state index contributed by atoms with van der Waals surface area (Å²) in [5.74, 6) is 0.753. The van der Waals surface area contributed by atoms with Crippen LogP contribution in [0, 0.1) is 0 Å². The maximum absolute atomic E-state index is 11.2. The van der Waals surface area contributed by atoms with Crippen LogP contribution in [-0.2, 0) is 16.6 Å². The second-order valence-corrected chi connectivity index (χ2v) is 8.08. The van der Waals surface area contributed by atoms with Crippen molar-refractivity contribution in [3.8, 4) is 0 Å². The molecule has 0 bridgehead atoms. The first-order valence-corrected chi connectivity index (χ1v) is 11.1. The van der Waals surface area contributed by atoms with Crippen molar-refractivity contribution in [1.82, 2.24) is 10.6 Å². The number of hydrogen-bond donors (Lipinski definition) is 3. The molecule has 0 unspecified atom stereocenters. The van der Waals surface area contributed by atoms with E-state index in [4.69, 9.17) is 5.14 Å². The smallest absolute Gasteiger partial charge is 0.238 e. The van der Waals surface area contributed by atoms with E-state index in [1.54, 1.807) is 19.2 Å². The van der Waals surface area contributed by atoms with Crippen molar-refractivity contribution >= 4 is 16.0 Å². The standard InChI is InChI=1S/C19H34N4O2S/c1-3-4-5-6-7-8-9-10-15-22-19(21-2)23-16-17-11-13-18(14-12-17)26(20,24)25/h11-14H,3-10,15-16H2,1-2H3,(H2,20,24,25)(H2,21,22,23). The van der Waals surface area contributed by atoms with E-state index < -0.39 is 10.0 Å². The van der Waals surface area contributed by atoms with E-state index in [-0.39, 0.29) is 4.90 Å². The molecule has 1 aromatic carbocycles. The molecule has 0 aliphatic rings. The van der Waals surface area contributed by atoms with Gasteiger partial charge < -0.3 is 10.6 Å². The minimum atomic E-state index is -3.64. The Labute approximate surface area is 158 Å². The molecule has 0 radical (unpaired) electrons. The molecule has 148 valence electrons. The molecule has 26 heavy (non-hydrogen) atoms. The molecule has 0 heterocycles. The van der Waals surface area contributed by atoms with Crippen molar-refractivity contribution in [2.45, 2.75) is 69.7 Å². The van der Waals surface area contributed by atoms with Gasteiger partial charge in [0, 0.05) is 20.1 Å². The predicted octanol–water partition coefficient (Wildman–Crippen LogP) is 3.14. The minimum absolute atomic E-state index is 0.124. The number of aliphatic imine (C=N–C) groups is 1. The molecule has 6 nitrogen and oxygen atoms in total. The average molecular weight is 383 g/mol. The van der Waals surface area contributed by atoms with Crippen LogP contribution in [0.3, 0.4) is 0 Å². The summed E-state index contributed by atoms with van der Waals surface area (Å²) in [6.45, 7) is 3.72.